The van der Waals surface area contributed by atoms with Gasteiger partial charge in [-0.15, -0.1) is 5.10 Å². The van der Waals surface area contributed by atoms with E-state index in [9.17, 15) is 4.79 Å². The molecule has 2 heterocycles. The number of carbonyl (C=O) groups is 1. The highest BCUT2D eigenvalue weighted by molar-refractivity contribution is 5.94. The lowest BCUT2D eigenvalue weighted by atomic mass is 9.98. The molecule has 1 amide bonds. The maximum Gasteiger partial charge on any atom is 0.407 e. The van der Waals surface area contributed by atoms with Crippen molar-refractivity contribution in [1.29, 1.82) is 0 Å². The highest BCUT2D eigenvalue weighted by Crippen LogP contribution is 2.36. The Kier molecular flexibility index (Phi) is 6.16. The molecule has 8 heteroatoms. The van der Waals surface area contributed by atoms with Gasteiger partial charge in [0.1, 0.15) is 0 Å². The number of fused-ring (bicyclic) bond motifs is 1. The normalized spacial score (nSPS) is 16.9. The van der Waals surface area contributed by atoms with Gasteiger partial charge in [0.2, 0.25) is 0 Å². The molecular formula is C19H26N4O4. The molecule has 0 spiro atoms. The van der Waals surface area contributed by atoms with Gasteiger partial charge >= 0.3 is 6.09 Å². The SMILES string of the molecule is CCNC(=O)OCC1CCCN(c2nncc3cc(OC)c(OC)cc23)C1. The molecule has 1 aromatic heterocycles. The van der Waals surface area contributed by atoms with Crippen LogP contribution in [0.3, 0.4) is 0 Å². The van der Waals surface area contributed by atoms with Crippen molar-refractivity contribution in [3.8, 4) is 11.5 Å². The van der Waals surface area contributed by atoms with Crippen LogP contribution in [0.4, 0.5) is 10.6 Å². The van der Waals surface area contributed by atoms with Crippen LogP contribution in [0.5, 0.6) is 11.5 Å². The molecule has 1 aromatic carbocycles. The van der Waals surface area contributed by atoms with Crippen LogP contribution in [0, 0.1) is 5.92 Å². The van der Waals surface area contributed by atoms with Crippen molar-refractivity contribution in [3.05, 3.63) is 18.3 Å². The van der Waals surface area contributed by atoms with Crippen molar-refractivity contribution in [2.24, 2.45) is 5.92 Å². The number of piperidine rings is 1. The quantitative estimate of drug-likeness (QED) is 0.832. The topological polar surface area (TPSA) is 85.8 Å². The van der Waals surface area contributed by atoms with Crippen LogP contribution in [-0.2, 0) is 4.74 Å². The van der Waals surface area contributed by atoms with Crippen molar-refractivity contribution < 1.29 is 19.0 Å². The van der Waals surface area contributed by atoms with Gasteiger partial charge in [0.05, 0.1) is 27.0 Å². The lowest BCUT2D eigenvalue weighted by Gasteiger charge is -2.33. The van der Waals surface area contributed by atoms with Gasteiger partial charge in [0.15, 0.2) is 17.3 Å². The molecule has 1 saturated heterocycles. The number of rotatable bonds is 6. The second kappa shape index (κ2) is 8.75. The fraction of sp³-hybridized carbons (Fsp3) is 0.526. The van der Waals surface area contributed by atoms with E-state index in [0.717, 1.165) is 42.5 Å². The first-order valence-corrected chi connectivity index (χ1v) is 9.19. The van der Waals surface area contributed by atoms with E-state index in [-0.39, 0.29) is 12.0 Å². The van der Waals surface area contributed by atoms with Gasteiger partial charge in [-0.2, -0.15) is 5.10 Å². The predicted octanol–water partition coefficient (Wildman–Crippen LogP) is 2.61. The first kappa shape index (κ1) is 19.0. The van der Waals surface area contributed by atoms with Crippen LogP contribution in [0.1, 0.15) is 19.8 Å². The maximum absolute atomic E-state index is 11.5. The molecule has 1 atom stereocenters. The molecule has 3 rings (SSSR count). The standard InChI is InChI=1S/C19H26N4O4/c1-4-20-19(24)27-12-13-6-5-7-23(11-13)18-15-9-17(26-3)16(25-2)8-14(15)10-21-22-18/h8-10,13H,4-7,11-12H2,1-3H3,(H,20,24). The summed E-state index contributed by atoms with van der Waals surface area (Å²) >= 11 is 0. The van der Waals surface area contributed by atoms with Crippen LogP contribution in [-0.4, -0.2) is 56.8 Å². The Morgan fingerprint density at radius 1 is 1.30 bits per heavy atom. The summed E-state index contributed by atoms with van der Waals surface area (Å²) in [7, 11) is 3.23. The summed E-state index contributed by atoms with van der Waals surface area (Å²) in [5.41, 5.74) is 0. The van der Waals surface area contributed by atoms with Crippen molar-refractivity contribution >= 4 is 22.7 Å². The predicted molar refractivity (Wildman–Crippen MR) is 103 cm³/mol. The van der Waals surface area contributed by atoms with E-state index in [1.54, 1.807) is 20.4 Å². The summed E-state index contributed by atoms with van der Waals surface area (Å²) in [5, 5.41) is 13.1. The van der Waals surface area contributed by atoms with Gasteiger partial charge in [0, 0.05) is 36.3 Å². The number of benzene rings is 1. The monoisotopic (exact) mass is 374 g/mol. The average molecular weight is 374 g/mol. The minimum Gasteiger partial charge on any atom is -0.493 e. The molecule has 2 aromatic rings. The minimum atomic E-state index is -0.364. The number of anilines is 1. The van der Waals surface area contributed by atoms with E-state index in [1.165, 1.54) is 0 Å². The van der Waals surface area contributed by atoms with E-state index in [1.807, 2.05) is 19.1 Å². The molecule has 1 fully saturated rings. The summed E-state index contributed by atoms with van der Waals surface area (Å²) in [4.78, 5) is 13.8. The van der Waals surface area contributed by atoms with Gasteiger partial charge in [-0.25, -0.2) is 4.79 Å². The van der Waals surface area contributed by atoms with E-state index in [2.05, 4.69) is 20.4 Å². The van der Waals surface area contributed by atoms with E-state index in [0.29, 0.717) is 24.7 Å². The van der Waals surface area contributed by atoms with Crippen molar-refractivity contribution in [3.63, 3.8) is 0 Å². The van der Waals surface area contributed by atoms with Gasteiger partial charge in [-0.1, -0.05) is 0 Å². The van der Waals surface area contributed by atoms with E-state index >= 15 is 0 Å². The average Bonchev–Trinajstić information content (AvgIpc) is 2.71. The zero-order valence-corrected chi connectivity index (χ0v) is 16.0. The van der Waals surface area contributed by atoms with Gasteiger partial charge < -0.3 is 24.4 Å². The number of methoxy groups -OCH3 is 2. The number of hydrogen-bond donors (Lipinski definition) is 1. The Morgan fingerprint density at radius 2 is 2.07 bits per heavy atom. The first-order valence-electron chi connectivity index (χ1n) is 9.19. The summed E-state index contributed by atoms with van der Waals surface area (Å²) in [6, 6.07) is 3.85. The van der Waals surface area contributed by atoms with Crippen LogP contribution in [0.25, 0.3) is 10.8 Å². The van der Waals surface area contributed by atoms with Crippen LogP contribution >= 0.6 is 0 Å². The number of nitrogens with one attached hydrogen (secondary N) is 1. The third-order valence-electron chi connectivity index (χ3n) is 4.74. The second-order valence-electron chi connectivity index (χ2n) is 6.55. The zero-order valence-electron chi connectivity index (χ0n) is 16.0. The lowest BCUT2D eigenvalue weighted by molar-refractivity contribution is 0.122. The molecule has 1 aliphatic heterocycles. The Hall–Kier alpha value is -2.77. The summed E-state index contributed by atoms with van der Waals surface area (Å²) < 4.78 is 16.1. The molecular weight excluding hydrogens is 348 g/mol. The molecule has 1 N–H and O–H groups in total. The van der Waals surface area contributed by atoms with Crippen LogP contribution in [0.2, 0.25) is 0 Å². The molecule has 0 bridgehead atoms. The molecule has 8 nitrogen and oxygen atoms in total. The first-order chi connectivity index (χ1) is 13.2. The van der Waals surface area contributed by atoms with Gasteiger partial charge in [-0.3, -0.25) is 0 Å². The van der Waals surface area contributed by atoms with Gasteiger partial charge in [0.25, 0.3) is 0 Å². The molecule has 0 aliphatic carbocycles. The summed E-state index contributed by atoms with van der Waals surface area (Å²) in [5.74, 6) is 2.40. The largest absolute Gasteiger partial charge is 0.493 e. The van der Waals surface area contributed by atoms with Crippen molar-refractivity contribution in [2.45, 2.75) is 19.8 Å². The molecule has 146 valence electrons. The van der Waals surface area contributed by atoms with Crippen molar-refractivity contribution in [2.75, 3.05) is 45.4 Å². The summed E-state index contributed by atoms with van der Waals surface area (Å²) in [6.45, 7) is 4.48. The smallest absolute Gasteiger partial charge is 0.407 e. The van der Waals surface area contributed by atoms with E-state index in [4.69, 9.17) is 14.2 Å². The number of amides is 1. The molecule has 0 radical (unpaired) electrons. The Balaban J connectivity index is 1.80. The van der Waals surface area contributed by atoms with Gasteiger partial charge in [-0.05, 0) is 31.9 Å². The Bertz CT molecular complexity index is 799. The third kappa shape index (κ3) is 4.32. The fourth-order valence-electron chi connectivity index (χ4n) is 3.41. The number of ether oxygens (including phenoxy) is 3. The third-order valence-corrected chi connectivity index (χ3v) is 4.74. The Labute approximate surface area is 158 Å². The highest BCUT2D eigenvalue weighted by atomic mass is 16.5. The molecule has 0 saturated carbocycles. The van der Waals surface area contributed by atoms with Crippen LogP contribution in [0.15, 0.2) is 18.3 Å². The maximum atomic E-state index is 11.5. The number of alkyl carbamates (subject to hydrolysis) is 1. The molecule has 1 unspecified atom stereocenters. The summed E-state index contributed by atoms with van der Waals surface area (Å²) in [6.07, 6.45) is 3.39. The fourth-order valence-corrected chi connectivity index (χ4v) is 3.41. The minimum absolute atomic E-state index is 0.263. The van der Waals surface area contributed by atoms with Crippen LogP contribution < -0.4 is 19.7 Å². The molecule has 1 aliphatic rings. The number of aromatic nitrogens is 2. The number of carbonyl (C=O) groups excluding carboxylic acids is 1. The second-order valence-corrected chi connectivity index (χ2v) is 6.55. The van der Waals surface area contributed by atoms with E-state index < -0.39 is 0 Å². The molecule has 27 heavy (non-hydrogen) atoms. The highest BCUT2D eigenvalue weighted by Gasteiger charge is 2.24. The van der Waals surface area contributed by atoms with Crippen molar-refractivity contribution in [1.82, 2.24) is 15.5 Å². The lowest BCUT2D eigenvalue weighted by Crippen LogP contribution is -2.39. The Morgan fingerprint density at radius 3 is 2.81 bits per heavy atom. The number of hydrogen-bond acceptors (Lipinski definition) is 7. The zero-order chi connectivity index (χ0) is 19.2. The number of nitrogens with zero attached hydrogens (tertiary/aromatic N) is 3.